The highest BCUT2D eigenvalue weighted by Gasteiger charge is 2.39. The third-order valence-electron chi connectivity index (χ3n) is 5.36. The van der Waals surface area contributed by atoms with Gasteiger partial charge in [-0.3, -0.25) is 0 Å². The maximum atomic E-state index is 9.08. The van der Waals surface area contributed by atoms with Crippen LogP contribution in [0.15, 0.2) is 36.4 Å². The molecule has 1 aromatic carbocycles. The molecule has 0 amide bonds. The van der Waals surface area contributed by atoms with Crippen molar-refractivity contribution in [3.05, 3.63) is 42.0 Å². The Labute approximate surface area is 166 Å². The summed E-state index contributed by atoms with van der Waals surface area (Å²) in [6.45, 7) is 14.8. The van der Waals surface area contributed by atoms with Crippen molar-refractivity contribution in [1.29, 1.82) is 0 Å². The average Bonchev–Trinajstić information content (AvgIpc) is 2.61. The second-order valence-electron chi connectivity index (χ2n) is 8.58. The lowest BCUT2D eigenvalue weighted by atomic mass is 10.0. The highest BCUT2D eigenvalue weighted by Crippen LogP contribution is 2.38. The Morgan fingerprint density at radius 2 is 1.78 bits per heavy atom. The van der Waals surface area contributed by atoms with Crippen LogP contribution in [-0.4, -0.2) is 39.9 Å². The standard InChI is InChI=1S/C22H38O4Si/c1-18(9-8-15-23)21(26-27(6,7)22(2,3)4)14-16-25-17-19-10-12-20(24-5)13-11-19/h8-13,18,21,23H,14-17H2,1-7H3/b9-8+/t18-,21+/m1/s1. The van der Waals surface area contributed by atoms with Gasteiger partial charge in [-0.15, -0.1) is 0 Å². The van der Waals surface area contributed by atoms with Gasteiger partial charge in [0.15, 0.2) is 8.32 Å². The first kappa shape index (κ1) is 23.9. The summed E-state index contributed by atoms with van der Waals surface area (Å²) in [5.74, 6) is 1.09. The maximum absolute atomic E-state index is 9.08. The molecule has 0 aliphatic heterocycles. The number of hydrogen-bond acceptors (Lipinski definition) is 4. The summed E-state index contributed by atoms with van der Waals surface area (Å²) < 4.78 is 17.7. The van der Waals surface area contributed by atoms with Gasteiger partial charge in [0.05, 0.1) is 26.4 Å². The van der Waals surface area contributed by atoms with Crippen molar-refractivity contribution < 1.29 is 19.0 Å². The molecule has 1 rings (SSSR count). The molecule has 0 heterocycles. The molecular weight excluding hydrogens is 356 g/mol. The lowest BCUT2D eigenvalue weighted by Crippen LogP contribution is -2.45. The van der Waals surface area contributed by atoms with E-state index in [0.29, 0.717) is 13.2 Å². The number of benzene rings is 1. The van der Waals surface area contributed by atoms with Crippen molar-refractivity contribution in [2.24, 2.45) is 5.92 Å². The van der Waals surface area contributed by atoms with Crippen molar-refractivity contribution in [3.8, 4) is 5.75 Å². The highest BCUT2D eigenvalue weighted by molar-refractivity contribution is 6.74. The third-order valence-corrected chi connectivity index (χ3v) is 9.86. The van der Waals surface area contributed by atoms with Crippen LogP contribution in [0.2, 0.25) is 18.1 Å². The molecule has 1 N–H and O–H groups in total. The smallest absolute Gasteiger partial charge is 0.192 e. The first-order valence-corrected chi connectivity index (χ1v) is 12.7. The van der Waals surface area contributed by atoms with Crippen LogP contribution < -0.4 is 4.74 Å². The van der Waals surface area contributed by atoms with Gasteiger partial charge in [-0.05, 0) is 48.2 Å². The molecular formula is C22H38O4Si. The molecule has 0 aliphatic rings. The van der Waals surface area contributed by atoms with Crippen LogP contribution in [-0.2, 0) is 15.8 Å². The summed E-state index contributed by atoms with van der Waals surface area (Å²) in [5.41, 5.74) is 1.13. The number of methoxy groups -OCH3 is 1. The molecule has 5 heteroatoms. The Balaban J connectivity index is 2.63. The van der Waals surface area contributed by atoms with E-state index < -0.39 is 8.32 Å². The summed E-state index contributed by atoms with van der Waals surface area (Å²) >= 11 is 0. The molecule has 0 saturated carbocycles. The minimum absolute atomic E-state index is 0.0606. The molecule has 0 radical (unpaired) electrons. The van der Waals surface area contributed by atoms with E-state index in [9.17, 15) is 0 Å². The molecule has 0 saturated heterocycles. The van der Waals surface area contributed by atoms with Crippen molar-refractivity contribution in [3.63, 3.8) is 0 Å². The predicted octanol–water partition coefficient (Wildman–Crippen LogP) is 5.18. The molecule has 1 aromatic rings. The molecule has 0 aliphatic carbocycles. The second kappa shape index (κ2) is 11.0. The summed E-state index contributed by atoms with van der Waals surface area (Å²) in [6, 6.07) is 7.94. The van der Waals surface area contributed by atoms with E-state index in [1.165, 1.54) is 0 Å². The zero-order valence-electron chi connectivity index (χ0n) is 18.1. The van der Waals surface area contributed by atoms with Crippen molar-refractivity contribution >= 4 is 8.32 Å². The highest BCUT2D eigenvalue weighted by atomic mass is 28.4. The number of ether oxygens (including phenoxy) is 2. The molecule has 4 nitrogen and oxygen atoms in total. The van der Waals surface area contributed by atoms with Crippen LogP contribution in [0.3, 0.4) is 0 Å². The van der Waals surface area contributed by atoms with Gasteiger partial charge in [-0.2, -0.15) is 0 Å². The molecule has 27 heavy (non-hydrogen) atoms. The Morgan fingerprint density at radius 3 is 2.30 bits per heavy atom. The zero-order valence-corrected chi connectivity index (χ0v) is 19.1. The first-order valence-electron chi connectivity index (χ1n) is 9.76. The van der Waals surface area contributed by atoms with E-state index in [2.05, 4.69) is 40.8 Å². The second-order valence-corrected chi connectivity index (χ2v) is 13.3. The fourth-order valence-corrected chi connectivity index (χ4v) is 3.94. The molecule has 0 fully saturated rings. The van der Waals surface area contributed by atoms with Crippen molar-refractivity contribution in [2.45, 2.75) is 65.0 Å². The lowest BCUT2D eigenvalue weighted by Gasteiger charge is -2.40. The minimum Gasteiger partial charge on any atom is -0.497 e. The fraction of sp³-hybridized carbons (Fsp3) is 0.636. The predicted molar refractivity (Wildman–Crippen MR) is 115 cm³/mol. The number of hydrogen-bond donors (Lipinski definition) is 1. The quantitative estimate of drug-likeness (QED) is 0.319. The fourth-order valence-electron chi connectivity index (χ4n) is 2.50. The van der Waals surface area contributed by atoms with Crippen LogP contribution in [0.4, 0.5) is 0 Å². The van der Waals surface area contributed by atoms with Gasteiger partial charge in [0.25, 0.3) is 0 Å². The summed E-state index contributed by atoms with van der Waals surface area (Å²) in [6.07, 6.45) is 4.76. The molecule has 0 spiro atoms. The van der Waals surface area contributed by atoms with Gasteiger partial charge in [0.1, 0.15) is 5.75 Å². The summed E-state index contributed by atoms with van der Waals surface area (Å²) in [7, 11) is -0.203. The maximum Gasteiger partial charge on any atom is 0.192 e. The van der Waals surface area contributed by atoms with Gasteiger partial charge in [-0.25, -0.2) is 0 Å². The SMILES string of the molecule is COc1ccc(COCC[C@H](O[Si](C)(C)C(C)(C)C)[C@H](C)/C=C/CO)cc1. The van der Waals surface area contributed by atoms with Gasteiger partial charge < -0.3 is 19.0 Å². The zero-order chi connectivity index (χ0) is 20.5. The average molecular weight is 395 g/mol. The minimum atomic E-state index is -1.87. The third kappa shape index (κ3) is 8.17. The lowest BCUT2D eigenvalue weighted by molar-refractivity contribution is 0.0639. The Kier molecular flexibility index (Phi) is 9.74. The number of aliphatic hydroxyl groups is 1. The Morgan fingerprint density at radius 1 is 1.15 bits per heavy atom. The van der Waals surface area contributed by atoms with Crippen LogP contribution in [0.25, 0.3) is 0 Å². The van der Waals surface area contributed by atoms with Crippen LogP contribution in [0.5, 0.6) is 5.75 Å². The van der Waals surface area contributed by atoms with E-state index in [0.717, 1.165) is 17.7 Å². The molecule has 2 atom stereocenters. The van der Waals surface area contributed by atoms with E-state index in [-0.39, 0.29) is 23.7 Å². The first-order chi connectivity index (χ1) is 12.6. The normalized spacial score (nSPS) is 15.1. The van der Waals surface area contributed by atoms with E-state index in [4.69, 9.17) is 19.0 Å². The molecule has 0 bridgehead atoms. The number of aliphatic hydroxyl groups excluding tert-OH is 1. The van der Waals surface area contributed by atoms with Crippen LogP contribution in [0.1, 0.15) is 39.7 Å². The Hall–Kier alpha value is -1.14. The van der Waals surface area contributed by atoms with Gasteiger partial charge in [-0.1, -0.05) is 52.0 Å². The van der Waals surface area contributed by atoms with E-state index in [1.54, 1.807) is 13.2 Å². The Bertz CT molecular complexity index is 561. The molecule has 0 unspecified atom stereocenters. The van der Waals surface area contributed by atoms with E-state index >= 15 is 0 Å². The summed E-state index contributed by atoms with van der Waals surface area (Å²) in [4.78, 5) is 0. The van der Waals surface area contributed by atoms with Crippen LogP contribution >= 0.6 is 0 Å². The molecule has 0 aromatic heterocycles. The topological polar surface area (TPSA) is 47.9 Å². The van der Waals surface area contributed by atoms with Crippen LogP contribution in [0, 0.1) is 5.92 Å². The van der Waals surface area contributed by atoms with Gasteiger partial charge in [0, 0.05) is 6.61 Å². The number of rotatable bonds is 11. The largest absolute Gasteiger partial charge is 0.497 e. The van der Waals surface area contributed by atoms with Crippen molar-refractivity contribution in [1.82, 2.24) is 0 Å². The monoisotopic (exact) mass is 394 g/mol. The van der Waals surface area contributed by atoms with Gasteiger partial charge in [0.2, 0.25) is 0 Å². The summed E-state index contributed by atoms with van der Waals surface area (Å²) in [5, 5.41) is 9.25. The molecule has 154 valence electrons. The van der Waals surface area contributed by atoms with Crippen molar-refractivity contribution in [2.75, 3.05) is 20.3 Å². The van der Waals surface area contributed by atoms with E-state index in [1.807, 2.05) is 30.3 Å². The van der Waals surface area contributed by atoms with Gasteiger partial charge >= 0.3 is 0 Å².